The van der Waals surface area contributed by atoms with Crippen LogP contribution >= 0.6 is 0 Å². The summed E-state index contributed by atoms with van der Waals surface area (Å²) in [6.07, 6.45) is 0.434. The number of benzene rings is 1. The molecule has 3 heterocycles. The first-order valence-electron chi connectivity index (χ1n) is 9.42. The maximum Gasteiger partial charge on any atom is 0.310 e. The summed E-state index contributed by atoms with van der Waals surface area (Å²) in [6.45, 7) is 3.39. The van der Waals surface area contributed by atoms with Crippen LogP contribution in [0.25, 0.3) is 0 Å². The molecule has 2 saturated heterocycles. The normalized spacial score (nSPS) is 25.3. The number of aryl methyl sites for hydroxylation is 1. The Morgan fingerprint density at radius 2 is 1.73 bits per heavy atom. The highest BCUT2D eigenvalue weighted by atomic mass is 32.2. The summed E-state index contributed by atoms with van der Waals surface area (Å²) in [5, 5.41) is 15.8. The van der Waals surface area contributed by atoms with Crippen LogP contribution in [0.4, 0.5) is 11.6 Å². The quantitative estimate of drug-likeness (QED) is 0.623. The number of carboxylic acids is 1. The van der Waals surface area contributed by atoms with Crippen LogP contribution in [0.2, 0.25) is 0 Å². The fraction of sp³-hybridized carbons (Fsp3) is 0.421. The van der Waals surface area contributed by atoms with Gasteiger partial charge in [0, 0.05) is 11.3 Å². The summed E-state index contributed by atoms with van der Waals surface area (Å²) in [5.74, 6) is -3.10. The van der Waals surface area contributed by atoms with Crippen LogP contribution in [0.5, 0.6) is 0 Å². The molecule has 0 aliphatic carbocycles. The van der Waals surface area contributed by atoms with Gasteiger partial charge in [-0.3, -0.25) is 9.59 Å². The van der Waals surface area contributed by atoms with Gasteiger partial charge in [0.05, 0.1) is 34.6 Å². The zero-order valence-electron chi connectivity index (χ0n) is 16.3. The summed E-state index contributed by atoms with van der Waals surface area (Å²) in [5.41, 5.74) is 1.52. The van der Waals surface area contributed by atoms with Crippen molar-refractivity contribution < 1.29 is 32.4 Å². The number of nitrogens with one attached hydrogen (secondary N) is 2. The first-order chi connectivity index (χ1) is 14.2. The Morgan fingerprint density at radius 1 is 1.10 bits per heavy atom. The summed E-state index contributed by atoms with van der Waals surface area (Å²) in [6, 6.07) is 5.55. The third kappa shape index (κ3) is 3.54. The van der Waals surface area contributed by atoms with Crippen LogP contribution in [0.1, 0.15) is 24.1 Å². The molecule has 30 heavy (non-hydrogen) atoms. The lowest BCUT2D eigenvalue weighted by Crippen LogP contribution is -2.40. The number of anilines is 2. The molecule has 160 valence electrons. The minimum Gasteiger partial charge on any atom is -0.481 e. The van der Waals surface area contributed by atoms with E-state index in [-0.39, 0.29) is 10.8 Å². The Kier molecular flexibility index (Phi) is 5.02. The number of carbonyl (C=O) groups excluding carboxylic acids is 1. The van der Waals surface area contributed by atoms with Gasteiger partial charge in [-0.2, -0.15) is 0 Å². The Morgan fingerprint density at radius 3 is 2.30 bits per heavy atom. The molecule has 4 atom stereocenters. The molecule has 0 radical (unpaired) electrons. The molecule has 2 aromatic rings. The van der Waals surface area contributed by atoms with E-state index in [0.717, 1.165) is 0 Å². The molecule has 2 fully saturated rings. The molecule has 0 saturated carbocycles. The average Bonchev–Trinajstić information content (AvgIpc) is 3.39. The summed E-state index contributed by atoms with van der Waals surface area (Å²) >= 11 is 0. The van der Waals surface area contributed by atoms with Crippen molar-refractivity contribution in [3.63, 3.8) is 0 Å². The number of sulfonamides is 1. The number of fused-ring (bicyclic) bond motifs is 2. The van der Waals surface area contributed by atoms with Gasteiger partial charge in [-0.1, -0.05) is 5.16 Å². The number of hydrogen-bond donors (Lipinski definition) is 3. The number of carbonyl (C=O) groups is 2. The van der Waals surface area contributed by atoms with Crippen LogP contribution < -0.4 is 10.0 Å². The molecular formula is C19H21N3O7S. The van der Waals surface area contributed by atoms with E-state index in [0.29, 0.717) is 29.8 Å². The number of hydrogen-bond acceptors (Lipinski definition) is 7. The Balaban J connectivity index is 1.46. The van der Waals surface area contributed by atoms with Gasteiger partial charge >= 0.3 is 5.97 Å². The first kappa shape index (κ1) is 20.4. The molecule has 2 aliphatic rings. The van der Waals surface area contributed by atoms with E-state index < -0.39 is 45.9 Å². The van der Waals surface area contributed by atoms with Gasteiger partial charge in [0.15, 0.2) is 0 Å². The average molecular weight is 435 g/mol. The number of nitrogens with zero attached hydrogens (tertiary/aromatic N) is 1. The largest absolute Gasteiger partial charge is 0.481 e. The maximum absolute atomic E-state index is 12.7. The van der Waals surface area contributed by atoms with Crippen molar-refractivity contribution in [2.24, 2.45) is 11.8 Å². The van der Waals surface area contributed by atoms with Gasteiger partial charge in [0.25, 0.3) is 10.0 Å². The molecule has 0 unspecified atom stereocenters. The van der Waals surface area contributed by atoms with Crippen LogP contribution in [0.3, 0.4) is 0 Å². The SMILES string of the molecule is Cc1noc(NS(=O)(=O)c2ccc(NC(=O)[C@H]3[C@@H](C(=O)O)[C@@H]4CC[C@H]3O4)cc2)c1C. The lowest BCUT2D eigenvalue weighted by molar-refractivity contribution is -0.147. The summed E-state index contributed by atoms with van der Waals surface area (Å²) in [7, 11) is -3.90. The highest BCUT2D eigenvalue weighted by molar-refractivity contribution is 7.92. The highest BCUT2D eigenvalue weighted by Crippen LogP contribution is 2.44. The van der Waals surface area contributed by atoms with Gasteiger partial charge in [0.1, 0.15) is 0 Å². The topological polar surface area (TPSA) is 148 Å². The Labute approximate surface area is 172 Å². The van der Waals surface area contributed by atoms with Crippen LogP contribution in [0.15, 0.2) is 33.7 Å². The fourth-order valence-corrected chi connectivity index (χ4v) is 5.01. The molecule has 1 amide bonds. The molecule has 2 bridgehead atoms. The second-order valence-electron chi connectivity index (χ2n) is 7.52. The van der Waals surface area contributed by atoms with E-state index in [1.54, 1.807) is 13.8 Å². The molecule has 10 nitrogen and oxygen atoms in total. The van der Waals surface area contributed by atoms with Gasteiger partial charge in [-0.15, -0.1) is 0 Å². The third-order valence-corrected chi connectivity index (χ3v) is 7.02. The molecule has 2 aliphatic heterocycles. The lowest BCUT2D eigenvalue weighted by Gasteiger charge is -2.23. The summed E-state index contributed by atoms with van der Waals surface area (Å²) < 4.78 is 38.0. The van der Waals surface area contributed by atoms with E-state index in [1.807, 2.05) is 0 Å². The molecule has 1 aromatic heterocycles. The second kappa shape index (κ2) is 7.40. The number of aliphatic carboxylic acids is 1. The van der Waals surface area contributed by atoms with Crippen molar-refractivity contribution in [2.75, 3.05) is 10.0 Å². The summed E-state index contributed by atoms with van der Waals surface area (Å²) in [4.78, 5) is 24.2. The van der Waals surface area contributed by atoms with Crippen molar-refractivity contribution in [1.29, 1.82) is 0 Å². The predicted octanol–water partition coefficient (Wildman–Crippen LogP) is 1.91. The number of rotatable bonds is 6. The van der Waals surface area contributed by atoms with Crippen LogP contribution in [0, 0.1) is 25.7 Å². The molecule has 0 spiro atoms. The maximum atomic E-state index is 12.7. The van der Waals surface area contributed by atoms with Gasteiger partial charge in [-0.05, 0) is 51.0 Å². The van der Waals surface area contributed by atoms with Crippen molar-refractivity contribution in [1.82, 2.24) is 5.16 Å². The minimum absolute atomic E-state index is 0.0272. The molecule has 4 rings (SSSR count). The van der Waals surface area contributed by atoms with E-state index in [4.69, 9.17) is 9.26 Å². The monoisotopic (exact) mass is 435 g/mol. The van der Waals surface area contributed by atoms with Crippen LogP contribution in [-0.4, -0.2) is 42.8 Å². The predicted molar refractivity (Wildman–Crippen MR) is 104 cm³/mol. The van der Waals surface area contributed by atoms with E-state index in [2.05, 4.69) is 15.2 Å². The number of carboxylic acid groups (broad SMARTS) is 1. The number of aromatic nitrogens is 1. The molecule has 11 heteroatoms. The highest BCUT2D eigenvalue weighted by Gasteiger charge is 2.55. The van der Waals surface area contributed by atoms with Crippen LogP contribution in [-0.2, 0) is 24.3 Å². The zero-order valence-corrected chi connectivity index (χ0v) is 17.1. The number of ether oxygens (including phenoxy) is 1. The minimum atomic E-state index is -3.90. The molecular weight excluding hydrogens is 414 g/mol. The van der Waals surface area contributed by atoms with Gasteiger partial charge in [-0.25, -0.2) is 13.1 Å². The Bertz CT molecular complexity index is 1090. The van der Waals surface area contributed by atoms with E-state index in [9.17, 15) is 23.1 Å². The van der Waals surface area contributed by atoms with Crippen molar-refractivity contribution in [3.05, 3.63) is 35.5 Å². The fourth-order valence-electron chi connectivity index (χ4n) is 3.96. The van der Waals surface area contributed by atoms with Gasteiger partial charge in [0.2, 0.25) is 11.8 Å². The zero-order chi connectivity index (χ0) is 21.6. The van der Waals surface area contributed by atoms with E-state index >= 15 is 0 Å². The van der Waals surface area contributed by atoms with E-state index in [1.165, 1.54) is 24.3 Å². The van der Waals surface area contributed by atoms with Crippen molar-refractivity contribution >= 4 is 33.5 Å². The number of amides is 1. The van der Waals surface area contributed by atoms with Gasteiger partial charge < -0.3 is 19.7 Å². The lowest BCUT2D eigenvalue weighted by atomic mass is 9.78. The Hall–Kier alpha value is -2.92. The second-order valence-corrected chi connectivity index (χ2v) is 9.20. The van der Waals surface area contributed by atoms with Crippen molar-refractivity contribution in [2.45, 2.75) is 43.8 Å². The smallest absolute Gasteiger partial charge is 0.310 e. The standard InChI is InChI=1S/C19H21N3O7S/c1-9-10(2)21-29-18(9)22-30(26,27)12-5-3-11(4-6-12)20-17(23)15-13-7-8-14(28-13)16(15)19(24)25/h3-6,13-16,22H,7-8H2,1-2H3,(H,20,23)(H,24,25)/t13-,14+,15-,16+/m1/s1. The van der Waals surface area contributed by atoms with Crippen molar-refractivity contribution in [3.8, 4) is 0 Å². The molecule has 1 aromatic carbocycles. The molecule has 3 N–H and O–H groups in total. The third-order valence-electron chi connectivity index (χ3n) is 5.68. The first-order valence-corrected chi connectivity index (χ1v) is 10.9.